The highest BCUT2D eigenvalue weighted by molar-refractivity contribution is 6.35. The number of nitrogen functional groups attached to an aromatic ring is 2. The number of carbonyl (C=O) groups excluding carboxylic acids is 1. The summed E-state index contributed by atoms with van der Waals surface area (Å²) in [7, 11) is 0. The Kier molecular flexibility index (Phi) is 3.75. The van der Waals surface area contributed by atoms with Crippen LogP contribution in [0.1, 0.15) is 6.42 Å². The van der Waals surface area contributed by atoms with Crippen molar-refractivity contribution in [3.05, 3.63) is 17.7 Å². The summed E-state index contributed by atoms with van der Waals surface area (Å²) in [6.07, 6.45) is 2.04. The average molecular weight is 283 g/mol. The molecule has 0 radical (unpaired) electrons. The fourth-order valence-corrected chi connectivity index (χ4v) is 2.21. The van der Waals surface area contributed by atoms with Gasteiger partial charge in [0.15, 0.2) is 5.82 Å². The van der Waals surface area contributed by atoms with Crippen LogP contribution in [-0.2, 0) is 4.79 Å². The molecule has 0 aliphatic carbocycles. The quantitative estimate of drug-likeness (QED) is 0.682. The van der Waals surface area contributed by atoms with E-state index in [1.165, 1.54) is 6.08 Å². The van der Waals surface area contributed by atoms with E-state index >= 15 is 0 Å². The molecule has 0 bridgehead atoms. The van der Waals surface area contributed by atoms with E-state index in [9.17, 15) is 4.79 Å². The third-order valence-corrected chi connectivity index (χ3v) is 3.26. The molecule has 1 aliphatic heterocycles. The van der Waals surface area contributed by atoms with Crippen molar-refractivity contribution < 1.29 is 4.79 Å². The Labute approximate surface area is 115 Å². The first-order chi connectivity index (χ1) is 9.01. The second-order valence-electron chi connectivity index (χ2n) is 4.25. The molecule has 1 amide bonds. The van der Waals surface area contributed by atoms with Gasteiger partial charge in [-0.05, 0) is 12.5 Å². The van der Waals surface area contributed by atoms with Gasteiger partial charge in [-0.3, -0.25) is 4.79 Å². The fourth-order valence-electron chi connectivity index (χ4n) is 2.01. The van der Waals surface area contributed by atoms with Gasteiger partial charge < -0.3 is 21.7 Å². The minimum atomic E-state index is -0.195. The Bertz CT molecular complexity index is 520. The fraction of sp³-hybridized carbons (Fsp3) is 0.364. The molecule has 0 spiro atoms. The third-order valence-electron chi connectivity index (χ3n) is 2.90. The number of rotatable bonds is 3. The lowest BCUT2D eigenvalue weighted by molar-refractivity contribution is -0.117. The van der Waals surface area contributed by atoms with Gasteiger partial charge in [0.05, 0.1) is 0 Å². The second-order valence-corrected chi connectivity index (χ2v) is 4.63. The normalized spacial score (nSPS) is 18.4. The smallest absolute Gasteiger partial charge is 0.243 e. The molecule has 19 heavy (non-hydrogen) atoms. The minimum Gasteiger partial charge on any atom is -0.382 e. The van der Waals surface area contributed by atoms with Crippen molar-refractivity contribution in [2.45, 2.75) is 12.5 Å². The van der Waals surface area contributed by atoms with E-state index in [0.29, 0.717) is 18.9 Å². The molecule has 7 nitrogen and oxygen atoms in total. The molecule has 1 atom stereocenters. The summed E-state index contributed by atoms with van der Waals surface area (Å²) in [6.45, 7) is 4.72. The van der Waals surface area contributed by atoms with Gasteiger partial charge in [-0.25, -0.2) is 0 Å². The van der Waals surface area contributed by atoms with E-state index in [1.807, 2.05) is 4.90 Å². The van der Waals surface area contributed by atoms with Crippen LogP contribution in [0.4, 0.5) is 17.6 Å². The zero-order chi connectivity index (χ0) is 14.0. The van der Waals surface area contributed by atoms with Crippen molar-refractivity contribution in [2.24, 2.45) is 0 Å². The molecule has 0 unspecified atom stereocenters. The Balaban J connectivity index is 2.13. The van der Waals surface area contributed by atoms with E-state index in [2.05, 4.69) is 21.9 Å². The van der Waals surface area contributed by atoms with Crippen LogP contribution in [-0.4, -0.2) is 35.0 Å². The molecular formula is C11H15ClN6O. The van der Waals surface area contributed by atoms with Gasteiger partial charge >= 0.3 is 0 Å². The Hall–Kier alpha value is -2.02. The molecule has 1 aliphatic rings. The highest BCUT2D eigenvalue weighted by Gasteiger charge is 2.26. The van der Waals surface area contributed by atoms with Crippen LogP contribution >= 0.6 is 11.6 Å². The number of anilines is 3. The van der Waals surface area contributed by atoms with Crippen LogP contribution in [0.25, 0.3) is 0 Å². The molecule has 102 valence electrons. The molecule has 0 aromatic carbocycles. The summed E-state index contributed by atoms with van der Waals surface area (Å²) < 4.78 is 0. The lowest BCUT2D eigenvalue weighted by Gasteiger charge is -2.19. The summed E-state index contributed by atoms with van der Waals surface area (Å²) in [5.41, 5.74) is 11.2. The summed E-state index contributed by atoms with van der Waals surface area (Å²) in [5, 5.41) is 3.11. The number of nitrogens with two attached hydrogens (primary N) is 2. The van der Waals surface area contributed by atoms with E-state index in [4.69, 9.17) is 23.1 Å². The third kappa shape index (κ3) is 2.87. The van der Waals surface area contributed by atoms with E-state index in [0.717, 1.165) is 6.42 Å². The topological polar surface area (TPSA) is 110 Å². The summed E-state index contributed by atoms with van der Waals surface area (Å²) in [4.78, 5) is 21.1. The number of nitrogens with one attached hydrogen (secondary N) is 1. The molecule has 2 rings (SSSR count). The van der Waals surface area contributed by atoms with Crippen molar-refractivity contribution in [2.75, 3.05) is 29.5 Å². The van der Waals surface area contributed by atoms with Crippen molar-refractivity contribution >= 4 is 35.1 Å². The van der Waals surface area contributed by atoms with E-state index in [-0.39, 0.29) is 28.7 Å². The summed E-state index contributed by atoms with van der Waals surface area (Å²) in [6, 6.07) is 0.0268. The van der Waals surface area contributed by atoms with Crippen LogP contribution in [0, 0.1) is 0 Å². The van der Waals surface area contributed by atoms with Crippen LogP contribution in [0.3, 0.4) is 0 Å². The lowest BCUT2D eigenvalue weighted by atomic mass is 10.2. The van der Waals surface area contributed by atoms with Gasteiger partial charge in [0.1, 0.15) is 10.8 Å². The van der Waals surface area contributed by atoms with Crippen LogP contribution in [0.5, 0.6) is 0 Å². The maximum absolute atomic E-state index is 11.2. The Morgan fingerprint density at radius 2 is 2.26 bits per heavy atom. The number of aromatic nitrogens is 2. The lowest BCUT2D eigenvalue weighted by Crippen LogP contribution is -2.36. The van der Waals surface area contributed by atoms with Crippen molar-refractivity contribution in [1.29, 1.82) is 0 Å². The van der Waals surface area contributed by atoms with Crippen molar-refractivity contribution in [3.8, 4) is 0 Å². The first-order valence-corrected chi connectivity index (χ1v) is 6.15. The Morgan fingerprint density at radius 3 is 2.95 bits per heavy atom. The molecule has 1 aromatic rings. The number of hydrogen-bond acceptors (Lipinski definition) is 6. The first kappa shape index (κ1) is 13.4. The zero-order valence-corrected chi connectivity index (χ0v) is 11.0. The van der Waals surface area contributed by atoms with Crippen LogP contribution in [0.2, 0.25) is 5.02 Å². The van der Waals surface area contributed by atoms with Gasteiger partial charge in [0.2, 0.25) is 11.9 Å². The van der Waals surface area contributed by atoms with E-state index in [1.54, 1.807) is 0 Å². The monoisotopic (exact) mass is 282 g/mol. The maximum Gasteiger partial charge on any atom is 0.243 e. The average Bonchev–Trinajstić information content (AvgIpc) is 2.81. The van der Waals surface area contributed by atoms with Crippen LogP contribution in [0.15, 0.2) is 12.7 Å². The SMILES string of the molecule is C=CC(=O)N[C@@H]1CCN(c2nc(N)nc(N)c2Cl)C1. The number of carbonyl (C=O) groups is 1. The van der Waals surface area contributed by atoms with E-state index < -0.39 is 0 Å². The molecule has 1 saturated heterocycles. The second kappa shape index (κ2) is 5.31. The predicted molar refractivity (Wildman–Crippen MR) is 74.8 cm³/mol. The van der Waals surface area contributed by atoms with Gasteiger partial charge in [-0.2, -0.15) is 9.97 Å². The van der Waals surface area contributed by atoms with Gasteiger partial charge in [0, 0.05) is 19.1 Å². The molecular weight excluding hydrogens is 268 g/mol. The summed E-state index contributed by atoms with van der Waals surface area (Å²) in [5.74, 6) is 0.542. The minimum absolute atomic E-state index is 0.0268. The van der Waals surface area contributed by atoms with Gasteiger partial charge in [0.25, 0.3) is 0 Å². The standard InChI is InChI=1S/C11H15ClN6O/c1-2-7(19)15-6-3-4-18(5-6)10-8(12)9(13)16-11(14)17-10/h2,6H,1,3-5H2,(H,15,19)(H4,13,14,16,17)/t6-/m1/s1. The van der Waals surface area contributed by atoms with Crippen molar-refractivity contribution in [3.63, 3.8) is 0 Å². The number of hydrogen-bond donors (Lipinski definition) is 3. The highest BCUT2D eigenvalue weighted by atomic mass is 35.5. The Morgan fingerprint density at radius 1 is 1.53 bits per heavy atom. The molecule has 2 heterocycles. The zero-order valence-electron chi connectivity index (χ0n) is 10.3. The first-order valence-electron chi connectivity index (χ1n) is 5.77. The largest absolute Gasteiger partial charge is 0.382 e. The molecule has 1 aromatic heterocycles. The number of halogens is 1. The molecule has 8 heteroatoms. The predicted octanol–water partition coefficient (Wildman–Crippen LogP) is 0.175. The van der Waals surface area contributed by atoms with Crippen LogP contribution < -0.4 is 21.7 Å². The number of amides is 1. The summed E-state index contributed by atoms with van der Waals surface area (Å²) >= 11 is 6.08. The molecule has 5 N–H and O–H groups in total. The van der Waals surface area contributed by atoms with Crippen molar-refractivity contribution in [1.82, 2.24) is 15.3 Å². The molecule has 0 saturated carbocycles. The maximum atomic E-state index is 11.2. The number of nitrogens with zero attached hydrogens (tertiary/aromatic N) is 3. The molecule has 1 fully saturated rings. The highest BCUT2D eigenvalue weighted by Crippen LogP contribution is 2.30. The van der Waals surface area contributed by atoms with Gasteiger partial charge in [-0.15, -0.1) is 0 Å². The van der Waals surface area contributed by atoms with Gasteiger partial charge in [-0.1, -0.05) is 18.2 Å².